The molecule has 2 nitrogen and oxygen atoms in total. The SMILES string of the molecule is Cc1ccc(-n2ccnc2C)c(Br)c1. The molecule has 0 radical (unpaired) electrons. The lowest BCUT2D eigenvalue weighted by Gasteiger charge is -2.07. The summed E-state index contributed by atoms with van der Waals surface area (Å²) >= 11 is 3.55. The number of aromatic nitrogens is 2. The van der Waals surface area contributed by atoms with Crippen molar-refractivity contribution in [1.29, 1.82) is 0 Å². The number of benzene rings is 1. The number of rotatable bonds is 1. The van der Waals surface area contributed by atoms with Crippen LogP contribution in [-0.2, 0) is 0 Å². The maximum absolute atomic E-state index is 4.20. The van der Waals surface area contributed by atoms with Crippen molar-refractivity contribution in [2.24, 2.45) is 0 Å². The average Bonchev–Trinajstić information content (AvgIpc) is 2.52. The molecule has 72 valence electrons. The van der Waals surface area contributed by atoms with Crippen molar-refractivity contribution >= 4 is 15.9 Å². The van der Waals surface area contributed by atoms with Crippen LogP contribution in [0.5, 0.6) is 0 Å². The van der Waals surface area contributed by atoms with Gasteiger partial charge in [0, 0.05) is 16.9 Å². The number of aryl methyl sites for hydroxylation is 2. The third-order valence-electron chi connectivity index (χ3n) is 2.19. The van der Waals surface area contributed by atoms with Crippen LogP contribution in [0, 0.1) is 13.8 Å². The number of nitrogens with zero attached hydrogens (tertiary/aromatic N) is 2. The number of hydrogen-bond donors (Lipinski definition) is 0. The summed E-state index contributed by atoms with van der Waals surface area (Å²) in [7, 11) is 0. The van der Waals surface area contributed by atoms with E-state index in [2.05, 4.69) is 50.6 Å². The van der Waals surface area contributed by atoms with Gasteiger partial charge in [-0.2, -0.15) is 0 Å². The van der Waals surface area contributed by atoms with Crippen molar-refractivity contribution < 1.29 is 0 Å². The maximum atomic E-state index is 4.20. The third-order valence-corrected chi connectivity index (χ3v) is 2.82. The van der Waals surface area contributed by atoms with E-state index < -0.39 is 0 Å². The van der Waals surface area contributed by atoms with Gasteiger partial charge in [-0.25, -0.2) is 4.98 Å². The molecule has 14 heavy (non-hydrogen) atoms. The predicted molar refractivity (Wildman–Crippen MR) is 60.7 cm³/mol. The largest absolute Gasteiger partial charge is 0.303 e. The molecule has 0 saturated carbocycles. The summed E-state index contributed by atoms with van der Waals surface area (Å²) in [5.74, 6) is 0.995. The highest BCUT2D eigenvalue weighted by Crippen LogP contribution is 2.22. The van der Waals surface area contributed by atoms with Crippen LogP contribution < -0.4 is 0 Å². The summed E-state index contributed by atoms with van der Waals surface area (Å²) in [4.78, 5) is 4.20. The molecule has 3 heteroatoms. The van der Waals surface area contributed by atoms with Gasteiger partial charge in [-0.05, 0) is 47.5 Å². The number of hydrogen-bond acceptors (Lipinski definition) is 1. The molecule has 2 aromatic rings. The van der Waals surface area contributed by atoms with Gasteiger partial charge in [-0.15, -0.1) is 0 Å². The molecule has 1 aromatic heterocycles. The zero-order chi connectivity index (χ0) is 10.1. The van der Waals surface area contributed by atoms with Gasteiger partial charge in [0.15, 0.2) is 0 Å². The first-order valence-electron chi connectivity index (χ1n) is 4.45. The first-order chi connectivity index (χ1) is 6.68. The lowest BCUT2D eigenvalue weighted by molar-refractivity contribution is 0.968. The minimum Gasteiger partial charge on any atom is -0.303 e. The fraction of sp³-hybridized carbons (Fsp3) is 0.182. The van der Waals surface area contributed by atoms with E-state index in [0.717, 1.165) is 16.0 Å². The van der Waals surface area contributed by atoms with Gasteiger partial charge in [-0.3, -0.25) is 0 Å². The van der Waals surface area contributed by atoms with E-state index in [1.807, 2.05) is 19.3 Å². The van der Waals surface area contributed by atoms with Crippen LogP contribution in [0.1, 0.15) is 11.4 Å². The van der Waals surface area contributed by atoms with Crippen molar-refractivity contribution in [1.82, 2.24) is 9.55 Å². The van der Waals surface area contributed by atoms with Crippen LogP contribution in [0.2, 0.25) is 0 Å². The van der Waals surface area contributed by atoms with Gasteiger partial charge in [0.25, 0.3) is 0 Å². The second-order valence-corrected chi connectivity index (χ2v) is 4.15. The molecule has 0 N–H and O–H groups in total. The highest BCUT2D eigenvalue weighted by molar-refractivity contribution is 9.10. The van der Waals surface area contributed by atoms with Gasteiger partial charge in [0.2, 0.25) is 0 Å². The average molecular weight is 251 g/mol. The van der Waals surface area contributed by atoms with E-state index in [9.17, 15) is 0 Å². The quantitative estimate of drug-likeness (QED) is 0.760. The summed E-state index contributed by atoms with van der Waals surface area (Å²) in [6.45, 7) is 4.07. The molecule has 0 amide bonds. The normalized spacial score (nSPS) is 10.5. The molecule has 0 spiro atoms. The minimum atomic E-state index is 0.995. The zero-order valence-corrected chi connectivity index (χ0v) is 9.75. The molecule has 0 unspecified atom stereocenters. The van der Waals surface area contributed by atoms with Crippen molar-refractivity contribution in [3.05, 3.63) is 46.5 Å². The van der Waals surface area contributed by atoms with Crippen molar-refractivity contribution in [2.75, 3.05) is 0 Å². The van der Waals surface area contributed by atoms with Gasteiger partial charge in [-0.1, -0.05) is 6.07 Å². The lowest BCUT2D eigenvalue weighted by atomic mass is 10.2. The Kier molecular flexibility index (Phi) is 2.42. The molecule has 1 aromatic carbocycles. The highest BCUT2D eigenvalue weighted by Gasteiger charge is 2.04. The summed E-state index contributed by atoms with van der Waals surface area (Å²) < 4.78 is 3.15. The van der Waals surface area contributed by atoms with Crippen molar-refractivity contribution in [2.45, 2.75) is 13.8 Å². The van der Waals surface area contributed by atoms with E-state index in [0.29, 0.717) is 0 Å². The summed E-state index contributed by atoms with van der Waals surface area (Å²) in [5, 5.41) is 0. The monoisotopic (exact) mass is 250 g/mol. The molecular formula is C11H11BrN2. The Labute approximate surface area is 91.7 Å². The second-order valence-electron chi connectivity index (χ2n) is 3.30. The van der Waals surface area contributed by atoms with E-state index in [1.54, 1.807) is 0 Å². The Balaban J connectivity index is 2.58. The first kappa shape index (κ1) is 9.46. The van der Waals surface area contributed by atoms with E-state index in [-0.39, 0.29) is 0 Å². The topological polar surface area (TPSA) is 17.8 Å². The van der Waals surface area contributed by atoms with Crippen molar-refractivity contribution in [3.63, 3.8) is 0 Å². The second kappa shape index (κ2) is 3.58. The molecule has 0 aliphatic carbocycles. The van der Waals surface area contributed by atoms with Crippen LogP contribution in [0.4, 0.5) is 0 Å². The van der Waals surface area contributed by atoms with Crippen LogP contribution >= 0.6 is 15.9 Å². The smallest absolute Gasteiger partial charge is 0.110 e. The van der Waals surface area contributed by atoms with Gasteiger partial charge in [0.05, 0.1) is 5.69 Å². The van der Waals surface area contributed by atoms with Gasteiger partial charge in [0.1, 0.15) is 5.82 Å². The molecule has 0 aliphatic heterocycles. The molecule has 0 saturated heterocycles. The van der Waals surface area contributed by atoms with Crippen molar-refractivity contribution in [3.8, 4) is 5.69 Å². The fourth-order valence-electron chi connectivity index (χ4n) is 1.44. The summed E-state index contributed by atoms with van der Waals surface area (Å²) in [5.41, 5.74) is 2.38. The van der Waals surface area contributed by atoms with E-state index in [4.69, 9.17) is 0 Å². The van der Waals surface area contributed by atoms with Crippen LogP contribution in [-0.4, -0.2) is 9.55 Å². The number of halogens is 1. The molecule has 1 heterocycles. The molecule has 2 rings (SSSR count). The lowest BCUT2D eigenvalue weighted by Crippen LogP contribution is -1.96. The predicted octanol–water partition coefficient (Wildman–Crippen LogP) is 3.25. The highest BCUT2D eigenvalue weighted by atomic mass is 79.9. The summed E-state index contributed by atoms with van der Waals surface area (Å²) in [6.07, 6.45) is 3.77. The molecule has 0 bridgehead atoms. The van der Waals surface area contributed by atoms with Gasteiger partial charge < -0.3 is 4.57 Å². The Morgan fingerprint density at radius 1 is 1.29 bits per heavy atom. The Morgan fingerprint density at radius 2 is 2.07 bits per heavy atom. The van der Waals surface area contributed by atoms with Crippen LogP contribution in [0.3, 0.4) is 0 Å². The first-order valence-corrected chi connectivity index (χ1v) is 5.24. The van der Waals surface area contributed by atoms with E-state index >= 15 is 0 Å². The Morgan fingerprint density at radius 3 is 2.64 bits per heavy atom. The molecular weight excluding hydrogens is 240 g/mol. The van der Waals surface area contributed by atoms with Crippen LogP contribution in [0.15, 0.2) is 35.1 Å². The fourth-order valence-corrected chi connectivity index (χ4v) is 2.12. The molecule has 0 aliphatic rings. The molecule has 0 fully saturated rings. The van der Waals surface area contributed by atoms with E-state index in [1.165, 1.54) is 5.56 Å². The third kappa shape index (κ3) is 1.60. The zero-order valence-electron chi connectivity index (χ0n) is 8.16. The van der Waals surface area contributed by atoms with Gasteiger partial charge >= 0.3 is 0 Å². The standard InChI is InChI=1S/C11H11BrN2/c1-8-3-4-11(10(12)7-8)14-6-5-13-9(14)2/h3-7H,1-2H3. The maximum Gasteiger partial charge on any atom is 0.110 e. The Hall–Kier alpha value is -1.09. The number of imidazole rings is 1. The minimum absolute atomic E-state index is 0.995. The molecule has 0 atom stereocenters. The Bertz CT molecular complexity index is 460. The summed E-state index contributed by atoms with van der Waals surface area (Å²) in [6, 6.07) is 6.29. The van der Waals surface area contributed by atoms with Crippen LogP contribution in [0.25, 0.3) is 5.69 Å².